The highest BCUT2D eigenvalue weighted by Crippen LogP contribution is 2.51. The molecule has 2 atom stereocenters. The third-order valence-corrected chi connectivity index (χ3v) is 7.83. The lowest BCUT2D eigenvalue weighted by atomic mass is 9.57. The summed E-state index contributed by atoms with van der Waals surface area (Å²) in [5, 5.41) is 11.2. The zero-order chi connectivity index (χ0) is 19.7. The summed E-state index contributed by atoms with van der Waals surface area (Å²) < 4.78 is 0.952. The average Bonchev–Trinajstić information content (AvgIpc) is 3.14. The molecule has 2 aromatic rings. The van der Waals surface area contributed by atoms with Crippen LogP contribution in [0, 0.1) is 17.8 Å². The zero-order valence-electron chi connectivity index (χ0n) is 16.4. The fourth-order valence-electron chi connectivity index (χ4n) is 5.40. The Morgan fingerprint density at radius 3 is 2.71 bits per heavy atom. The maximum Gasteiger partial charge on any atom is 0.234 e. The van der Waals surface area contributed by atoms with E-state index in [1.807, 2.05) is 6.07 Å². The molecule has 1 heterocycles. The predicted molar refractivity (Wildman–Crippen MR) is 116 cm³/mol. The minimum atomic E-state index is -0.0535. The van der Waals surface area contributed by atoms with E-state index in [-0.39, 0.29) is 11.3 Å². The van der Waals surface area contributed by atoms with E-state index in [0.29, 0.717) is 10.9 Å². The normalized spacial score (nSPS) is 29.5. The van der Waals surface area contributed by atoms with Crippen LogP contribution in [0.4, 0.5) is 5.69 Å². The van der Waals surface area contributed by atoms with Gasteiger partial charge in [-0.2, -0.15) is 0 Å². The van der Waals surface area contributed by atoms with Crippen LogP contribution >= 0.6 is 27.7 Å². The van der Waals surface area contributed by atoms with Crippen molar-refractivity contribution in [3.05, 3.63) is 34.6 Å². The molecule has 0 aliphatic heterocycles. The molecule has 0 radical (unpaired) electrons. The number of benzene rings is 1. The summed E-state index contributed by atoms with van der Waals surface area (Å²) in [6.45, 7) is 4.84. The summed E-state index contributed by atoms with van der Waals surface area (Å²) in [6.07, 6.45) is 8.24. The molecule has 0 saturated heterocycles. The van der Waals surface area contributed by atoms with Crippen LogP contribution in [0.3, 0.4) is 0 Å². The highest BCUT2D eigenvalue weighted by Gasteiger charge is 2.41. The number of amides is 1. The van der Waals surface area contributed by atoms with Gasteiger partial charge in [0.15, 0.2) is 5.16 Å². The number of halogens is 1. The van der Waals surface area contributed by atoms with Gasteiger partial charge >= 0.3 is 0 Å². The van der Waals surface area contributed by atoms with Gasteiger partial charge in [-0.15, -0.1) is 10.2 Å². The number of nitrogens with zero attached hydrogens (tertiary/aromatic N) is 2. The van der Waals surface area contributed by atoms with Crippen LogP contribution in [0.2, 0.25) is 0 Å². The number of aromatic nitrogens is 3. The van der Waals surface area contributed by atoms with Crippen molar-refractivity contribution in [1.82, 2.24) is 15.2 Å². The second-order valence-corrected chi connectivity index (χ2v) is 10.7. The molecule has 2 aliphatic carbocycles. The summed E-state index contributed by atoms with van der Waals surface area (Å²) in [7, 11) is 0. The van der Waals surface area contributed by atoms with Crippen molar-refractivity contribution in [2.24, 2.45) is 17.8 Å². The van der Waals surface area contributed by atoms with Crippen molar-refractivity contribution < 1.29 is 4.79 Å². The summed E-state index contributed by atoms with van der Waals surface area (Å²) in [4.78, 5) is 15.1. The van der Waals surface area contributed by atoms with E-state index < -0.39 is 0 Å². The first kappa shape index (κ1) is 20.0. The van der Waals surface area contributed by atoms with Gasteiger partial charge in [-0.3, -0.25) is 4.79 Å². The van der Waals surface area contributed by atoms with E-state index in [1.165, 1.54) is 55.8 Å². The maximum atomic E-state index is 12.3. The Bertz CT molecular complexity index is 823. The number of carbonyl (C=O) groups is 1. The molecule has 1 amide bonds. The standard InChI is InChI=1S/C21H27BrN4OS/c1-13-5-14-7-15(6-13)10-21(2,9-14)16-3-4-18(17(22)8-16)25-19(27)11-28-20-23-12-24-26-20/h3-4,8,12-15H,5-7,9-11H2,1-2H3,(H,25,27)(H,23,24,26). The molecule has 1 aromatic heterocycles. The zero-order valence-corrected chi connectivity index (χ0v) is 18.8. The van der Waals surface area contributed by atoms with Crippen molar-refractivity contribution in [1.29, 1.82) is 0 Å². The van der Waals surface area contributed by atoms with Crippen LogP contribution in [0.1, 0.15) is 51.5 Å². The number of aromatic amines is 1. The number of rotatable bonds is 5. The Balaban J connectivity index is 1.42. The number of hydrogen-bond acceptors (Lipinski definition) is 4. The molecular weight excluding hydrogens is 436 g/mol. The van der Waals surface area contributed by atoms with Gasteiger partial charge in [0.1, 0.15) is 6.33 Å². The Labute approximate surface area is 179 Å². The first-order valence-corrected chi connectivity index (χ1v) is 11.8. The van der Waals surface area contributed by atoms with Gasteiger partial charge in [0, 0.05) is 4.47 Å². The fraction of sp³-hybridized carbons (Fsp3) is 0.571. The summed E-state index contributed by atoms with van der Waals surface area (Å²) >= 11 is 5.02. The number of nitrogens with one attached hydrogen (secondary N) is 2. The van der Waals surface area contributed by atoms with Gasteiger partial charge in [0.05, 0.1) is 11.4 Å². The Morgan fingerprint density at radius 2 is 2.07 bits per heavy atom. The van der Waals surface area contributed by atoms with Gasteiger partial charge in [0.2, 0.25) is 5.91 Å². The van der Waals surface area contributed by atoms with Crippen LogP contribution in [-0.2, 0) is 10.2 Å². The SMILES string of the molecule is CC1CC2CC(C1)CC(C)(c1ccc(NC(=O)CSc3nnc[nH]3)c(Br)c1)C2. The van der Waals surface area contributed by atoms with Crippen LogP contribution in [0.15, 0.2) is 34.2 Å². The Kier molecular flexibility index (Phi) is 5.83. The molecule has 28 heavy (non-hydrogen) atoms. The number of anilines is 1. The van der Waals surface area contributed by atoms with E-state index >= 15 is 0 Å². The van der Waals surface area contributed by atoms with Crippen molar-refractivity contribution in [3.63, 3.8) is 0 Å². The largest absolute Gasteiger partial charge is 0.324 e. The molecule has 2 N–H and O–H groups in total. The van der Waals surface area contributed by atoms with Crippen LogP contribution < -0.4 is 5.32 Å². The Morgan fingerprint density at radius 1 is 1.32 bits per heavy atom. The van der Waals surface area contributed by atoms with Crippen molar-refractivity contribution in [2.45, 2.75) is 56.5 Å². The van der Waals surface area contributed by atoms with Crippen LogP contribution in [0.5, 0.6) is 0 Å². The molecule has 7 heteroatoms. The number of carbonyl (C=O) groups excluding carboxylic acids is 1. The van der Waals surface area contributed by atoms with Gasteiger partial charge in [-0.05, 0) is 88.9 Å². The highest BCUT2D eigenvalue weighted by molar-refractivity contribution is 9.10. The third kappa shape index (κ3) is 4.46. The van der Waals surface area contributed by atoms with Gasteiger partial charge in [-0.25, -0.2) is 0 Å². The quantitative estimate of drug-likeness (QED) is 0.583. The van der Waals surface area contributed by atoms with Crippen LogP contribution in [-0.4, -0.2) is 26.8 Å². The number of hydrogen-bond donors (Lipinski definition) is 2. The molecule has 2 saturated carbocycles. The van der Waals surface area contributed by atoms with E-state index in [9.17, 15) is 4.79 Å². The molecule has 2 bridgehead atoms. The molecule has 1 aromatic carbocycles. The predicted octanol–water partition coefficient (Wildman–Crippen LogP) is 5.40. The lowest BCUT2D eigenvalue weighted by molar-refractivity contribution is -0.113. The van der Waals surface area contributed by atoms with Crippen LogP contribution in [0.25, 0.3) is 0 Å². The minimum absolute atomic E-state index is 0.0535. The first-order valence-electron chi connectivity index (χ1n) is 10.00. The smallest absolute Gasteiger partial charge is 0.234 e. The second-order valence-electron chi connectivity index (χ2n) is 8.84. The molecule has 150 valence electrons. The van der Waals surface area contributed by atoms with Gasteiger partial charge in [0.25, 0.3) is 0 Å². The first-order chi connectivity index (χ1) is 13.4. The average molecular weight is 463 g/mol. The van der Waals surface area contributed by atoms with Gasteiger partial charge in [-0.1, -0.05) is 31.7 Å². The lowest BCUT2D eigenvalue weighted by Gasteiger charge is -2.47. The molecular formula is C21H27BrN4OS. The van der Waals surface area contributed by atoms with E-state index in [0.717, 1.165) is 27.9 Å². The minimum Gasteiger partial charge on any atom is -0.324 e. The summed E-state index contributed by atoms with van der Waals surface area (Å²) in [5.74, 6) is 2.84. The van der Waals surface area contributed by atoms with E-state index in [4.69, 9.17) is 0 Å². The Hall–Kier alpha value is -1.34. The summed E-state index contributed by atoms with van der Waals surface area (Å²) in [5.41, 5.74) is 2.44. The monoisotopic (exact) mass is 462 g/mol. The second kappa shape index (κ2) is 8.19. The molecule has 0 spiro atoms. The number of H-pyrrole nitrogens is 1. The van der Waals surface area contributed by atoms with E-state index in [1.54, 1.807) is 0 Å². The highest BCUT2D eigenvalue weighted by atomic mass is 79.9. The third-order valence-electron chi connectivity index (χ3n) is 6.29. The molecule has 2 fully saturated rings. The van der Waals surface area contributed by atoms with Gasteiger partial charge < -0.3 is 10.3 Å². The van der Waals surface area contributed by atoms with E-state index in [2.05, 4.69) is 62.4 Å². The van der Waals surface area contributed by atoms with Crippen molar-refractivity contribution in [3.8, 4) is 0 Å². The molecule has 4 rings (SSSR count). The molecule has 2 unspecified atom stereocenters. The summed E-state index contributed by atoms with van der Waals surface area (Å²) in [6, 6.07) is 6.45. The molecule has 5 nitrogen and oxygen atoms in total. The number of fused-ring (bicyclic) bond motifs is 2. The number of thioether (sulfide) groups is 1. The fourth-order valence-corrected chi connectivity index (χ4v) is 6.46. The van der Waals surface area contributed by atoms with Crippen molar-refractivity contribution >= 4 is 39.3 Å². The van der Waals surface area contributed by atoms with Crippen molar-refractivity contribution in [2.75, 3.05) is 11.1 Å². The molecule has 2 aliphatic rings. The lowest BCUT2D eigenvalue weighted by Crippen LogP contribution is -2.38. The maximum absolute atomic E-state index is 12.3. The topological polar surface area (TPSA) is 70.7 Å².